The molecule has 1 aromatic carbocycles. The fourth-order valence-corrected chi connectivity index (χ4v) is 3.91. The van der Waals surface area contributed by atoms with Gasteiger partial charge in [-0.25, -0.2) is 0 Å². The summed E-state index contributed by atoms with van der Waals surface area (Å²) < 4.78 is 0. The standard InChI is InChI=1S/C17H22O3/c18-15-11-13-7-3-1-2-6-12(13)10-14(15)17(16(19)20)8-4-5-9-17/h10-11,18H,1-9H2,(H,19,20). The van der Waals surface area contributed by atoms with Crippen LogP contribution in [0.2, 0.25) is 0 Å². The van der Waals surface area contributed by atoms with Crippen LogP contribution in [0.15, 0.2) is 12.1 Å². The number of carboxylic acids is 1. The van der Waals surface area contributed by atoms with Crippen LogP contribution in [0, 0.1) is 0 Å². The van der Waals surface area contributed by atoms with Crippen molar-refractivity contribution < 1.29 is 15.0 Å². The second-order valence-electron chi connectivity index (χ2n) is 6.29. The van der Waals surface area contributed by atoms with Crippen LogP contribution in [0.3, 0.4) is 0 Å². The molecule has 108 valence electrons. The van der Waals surface area contributed by atoms with E-state index in [2.05, 4.69) is 0 Å². The van der Waals surface area contributed by atoms with Gasteiger partial charge in [-0.2, -0.15) is 0 Å². The summed E-state index contributed by atoms with van der Waals surface area (Å²) in [5, 5.41) is 20.1. The lowest BCUT2D eigenvalue weighted by atomic mass is 9.77. The van der Waals surface area contributed by atoms with Gasteiger partial charge >= 0.3 is 5.97 Å². The van der Waals surface area contributed by atoms with Crippen molar-refractivity contribution >= 4 is 5.97 Å². The molecule has 0 spiro atoms. The van der Waals surface area contributed by atoms with Gasteiger partial charge in [-0.15, -0.1) is 0 Å². The molecule has 2 aliphatic carbocycles. The van der Waals surface area contributed by atoms with Gasteiger partial charge in [0.1, 0.15) is 5.75 Å². The molecular weight excluding hydrogens is 252 g/mol. The molecular formula is C17H22O3. The molecule has 0 amide bonds. The summed E-state index contributed by atoms with van der Waals surface area (Å²) in [7, 11) is 0. The third-order valence-corrected chi connectivity index (χ3v) is 5.09. The molecule has 1 fully saturated rings. The second-order valence-corrected chi connectivity index (χ2v) is 6.29. The van der Waals surface area contributed by atoms with Crippen molar-refractivity contribution in [2.24, 2.45) is 0 Å². The van der Waals surface area contributed by atoms with E-state index in [9.17, 15) is 15.0 Å². The maximum absolute atomic E-state index is 11.8. The monoisotopic (exact) mass is 274 g/mol. The summed E-state index contributed by atoms with van der Waals surface area (Å²) >= 11 is 0. The third kappa shape index (κ3) is 2.09. The van der Waals surface area contributed by atoms with Crippen molar-refractivity contribution in [3.05, 3.63) is 28.8 Å². The second kappa shape index (κ2) is 5.12. The van der Waals surface area contributed by atoms with Gasteiger partial charge in [0.25, 0.3) is 0 Å². The number of aryl methyl sites for hydroxylation is 2. The van der Waals surface area contributed by atoms with E-state index in [1.54, 1.807) is 0 Å². The molecule has 0 bridgehead atoms. The van der Waals surface area contributed by atoms with Gasteiger partial charge in [0.2, 0.25) is 0 Å². The molecule has 0 heterocycles. The first-order valence-corrected chi connectivity index (χ1v) is 7.72. The molecule has 0 aliphatic heterocycles. The summed E-state index contributed by atoms with van der Waals surface area (Å²) in [6.07, 6.45) is 8.72. The fraction of sp³-hybridized carbons (Fsp3) is 0.588. The molecule has 20 heavy (non-hydrogen) atoms. The molecule has 0 aromatic heterocycles. The average Bonchev–Trinajstić information content (AvgIpc) is 2.80. The molecule has 0 atom stereocenters. The fourth-order valence-electron chi connectivity index (χ4n) is 3.91. The van der Waals surface area contributed by atoms with Crippen LogP contribution in [0.1, 0.15) is 61.6 Å². The minimum atomic E-state index is -0.856. The number of benzene rings is 1. The maximum Gasteiger partial charge on any atom is 0.314 e. The molecule has 3 rings (SSSR count). The number of carboxylic acid groups (broad SMARTS) is 1. The molecule has 3 nitrogen and oxygen atoms in total. The van der Waals surface area contributed by atoms with Gasteiger partial charge in [0.05, 0.1) is 5.41 Å². The Morgan fingerprint density at radius 1 is 0.950 bits per heavy atom. The maximum atomic E-state index is 11.8. The van der Waals surface area contributed by atoms with E-state index in [1.807, 2.05) is 12.1 Å². The Morgan fingerprint density at radius 3 is 2.15 bits per heavy atom. The van der Waals surface area contributed by atoms with Crippen molar-refractivity contribution in [1.29, 1.82) is 0 Å². The van der Waals surface area contributed by atoms with Crippen LogP contribution in [0.25, 0.3) is 0 Å². The molecule has 3 heteroatoms. The van der Waals surface area contributed by atoms with Crippen LogP contribution in [-0.2, 0) is 23.1 Å². The smallest absolute Gasteiger partial charge is 0.314 e. The first kappa shape index (κ1) is 13.5. The van der Waals surface area contributed by atoms with E-state index >= 15 is 0 Å². The number of aliphatic carboxylic acids is 1. The topological polar surface area (TPSA) is 57.5 Å². The number of fused-ring (bicyclic) bond motifs is 1. The Bertz CT molecular complexity index is 527. The number of phenols is 1. The van der Waals surface area contributed by atoms with E-state index in [0.717, 1.165) is 38.5 Å². The van der Waals surface area contributed by atoms with Crippen molar-refractivity contribution in [2.75, 3.05) is 0 Å². The highest BCUT2D eigenvalue weighted by Crippen LogP contribution is 2.46. The van der Waals surface area contributed by atoms with Gasteiger partial charge in [-0.05, 0) is 55.7 Å². The van der Waals surface area contributed by atoms with E-state index in [1.165, 1.54) is 17.5 Å². The van der Waals surface area contributed by atoms with E-state index in [4.69, 9.17) is 0 Å². The number of rotatable bonds is 2. The van der Waals surface area contributed by atoms with Crippen LogP contribution >= 0.6 is 0 Å². The lowest BCUT2D eigenvalue weighted by Gasteiger charge is -2.26. The van der Waals surface area contributed by atoms with Crippen LogP contribution in [0.5, 0.6) is 5.75 Å². The normalized spacial score (nSPS) is 21.2. The molecule has 0 saturated heterocycles. The highest BCUT2D eigenvalue weighted by atomic mass is 16.4. The number of phenolic OH excluding ortho intramolecular Hbond substituents is 1. The minimum Gasteiger partial charge on any atom is -0.508 e. The quantitative estimate of drug-likeness (QED) is 0.811. The lowest BCUT2D eigenvalue weighted by molar-refractivity contribution is -0.143. The van der Waals surface area contributed by atoms with E-state index in [-0.39, 0.29) is 5.75 Å². The summed E-state index contributed by atoms with van der Waals surface area (Å²) in [6, 6.07) is 3.83. The van der Waals surface area contributed by atoms with Crippen LogP contribution in [0.4, 0.5) is 0 Å². The van der Waals surface area contributed by atoms with Gasteiger partial charge in [0, 0.05) is 5.56 Å². The number of aromatic hydroxyl groups is 1. The number of hydrogen-bond donors (Lipinski definition) is 2. The Balaban J connectivity index is 2.09. The molecule has 1 saturated carbocycles. The molecule has 0 radical (unpaired) electrons. The van der Waals surface area contributed by atoms with Gasteiger partial charge in [-0.1, -0.05) is 25.3 Å². The molecule has 2 aliphatic rings. The van der Waals surface area contributed by atoms with E-state index in [0.29, 0.717) is 18.4 Å². The van der Waals surface area contributed by atoms with Crippen LogP contribution in [-0.4, -0.2) is 16.2 Å². The zero-order valence-corrected chi connectivity index (χ0v) is 11.8. The highest BCUT2D eigenvalue weighted by molar-refractivity contribution is 5.83. The summed E-state index contributed by atoms with van der Waals surface area (Å²) in [5.41, 5.74) is 2.26. The molecule has 1 aromatic rings. The van der Waals surface area contributed by atoms with Gasteiger partial charge in [0.15, 0.2) is 0 Å². The summed E-state index contributed by atoms with van der Waals surface area (Å²) in [6.45, 7) is 0. The van der Waals surface area contributed by atoms with Gasteiger partial charge in [-0.3, -0.25) is 4.79 Å². The zero-order chi connectivity index (χ0) is 14.2. The largest absolute Gasteiger partial charge is 0.508 e. The number of hydrogen-bond acceptors (Lipinski definition) is 2. The third-order valence-electron chi connectivity index (χ3n) is 5.09. The van der Waals surface area contributed by atoms with Crippen molar-refractivity contribution in [1.82, 2.24) is 0 Å². The van der Waals surface area contributed by atoms with Crippen molar-refractivity contribution in [3.8, 4) is 5.75 Å². The van der Waals surface area contributed by atoms with Crippen molar-refractivity contribution in [3.63, 3.8) is 0 Å². The average molecular weight is 274 g/mol. The molecule has 0 unspecified atom stereocenters. The van der Waals surface area contributed by atoms with Gasteiger partial charge < -0.3 is 10.2 Å². The Morgan fingerprint density at radius 2 is 1.55 bits per heavy atom. The van der Waals surface area contributed by atoms with Crippen molar-refractivity contribution in [2.45, 2.75) is 63.2 Å². The Kier molecular flexibility index (Phi) is 3.45. The summed E-state index contributed by atoms with van der Waals surface area (Å²) in [4.78, 5) is 11.8. The van der Waals surface area contributed by atoms with Crippen LogP contribution < -0.4 is 0 Å². The minimum absolute atomic E-state index is 0.190. The first-order chi connectivity index (χ1) is 9.63. The highest BCUT2D eigenvalue weighted by Gasteiger charge is 2.44. The first-order valence-electron chi connectivity index (χ1n) is 7.72. The SMILES string of the molecule is O=C(O)C1(c2cc3c(cc2O)CCCCC3)CCCC1. The predicted molar refractivity (Wildman–Crippen MR) is 77.1 cm³/mol. The zero-order valence-electron chi connectivity index (χ0n) is 11.8. The summed E-state index contributed by atoms with van der Waals surface area (Å²) in [5.74, 6) is -0.589. The Hall–Kier alpha value is -1.51. The lowest BCUT2D eigenvalue weighted by Crippen LogP contribution is -2.32. The van der Waals surface area contributed by atoms with E-state index < -0.39 is 11.4 Å². The number of carbonyl (C=O) groups is 1. The Labute approximate surface area is 119 Å². The predicted octanol–water partition coefficient (Wildman–Crippen LogP) is 3.56. The molecule has 2 N–H and O–H groups in total.